The number of aromatic nitrogens is 1. The van der Waals surface area contributed by atoms with E-state index in [1.165, 1.54) is 0 Å². The van der Waals surface area contributed by atoms with Gasteiger partial charge in [-0.3, -0.25) is 4.79 Å². The van der Waals surface area contributed by atoms with Gasteiger partial charge in [0.2, 0.25) is 6.79 Å². The molecule has 0 radical (unpaired) electrons. The number of hydrogen-bond acceptors (Lipinski definition) is 5. The minimum atomic E-state index is -0.107. The average molecular weight is 420 g/mol. The van der Waals surface area contributed by atoms with Crippen LogP contribution in [0.1, 0.15) is 21.6 Å². The van der Waals surface area contributed by atoms with E-state index >= 15 is 0 Å². The van der Waals surface area contributed by atoms with Crippen LogP contribution in [-0.4, -0.2) is 24.4 Å². The number of benzene rings is 2. The Hall–Kier alpha value is -3.45. The van der Waals surface area contributed by atoms with Crippen molar-refractivity contribution in [2.75, 3.05) is 13.9 Å². The van der Waals surface area contributed by atoms with Crippen molar-refractivity contribution in [1.82, 2.24) is 9.88 Å². The molecule has 152 valence electrons. The van der Waals surface area contributed by atoms with Crippen molar-refractivity contribution in [2.45, 2.75) is 13.1 Å². The lowest BCUT2D eigenvalue weighted by Gasteiger charge is -2.12. The molecule has 1 N–H and O–H groups in total. The van der Waals surface area contributed by atoms with E-state index in [2.05, 4.69) is 16.0 Å². The molecule has 1 aliphatic heterocycles. The molecule has 0 spiro atoms. The van der Waals surface area contributed by atoms with Gasteiger partial charge in [0.05, 0.1) is 17.3 Å². The maximum atomic E-state index is 13.0. The highest BCUT2D eigenvalue weighted by Crippen LogP contribution is 2.32. The van der Waals surface area contributed by atoms with E-state index in [1.807, 2.05) is 53.9 Å². The fourth-order valence-corrected chi connectivity index (χ4v) is 4.40. The summed E-state index contributed by atoms with van der Waals surface area (Å²) in [5.41, 5.74) is 3.77. The van der Waals surface area contributed by atoms with E-state index in [9.17, 15) is 4.79 Å². The lowest BCUT2D eigenvalue weighted by atomic mass is 10.2. The van der Waals surface area contributed by atoms with Crippen LogP contribution < -0.4 is 19.5 Å². The summed E-state index contributed by atoms with van der Waals surface area (Å²) in [5.74, 6) is 2.15. The second-order valence-electron chi connectivity index (χ2n) is 7.00. The molecule has 3 heterocycles. The van der Waals surface area contributed by atoms with E-state index in [1.54, 1.807) is 18.4 Å². The number of nitrogens with zero attached hydrogens (tertiary/aromatic N) is 1. The molecule has 0 atom stereocenters. The zero-order valence-corrected chi connectivity index (χ0v) is 17.2. The summed E-state index contributed by atoms with van der Waals surface area (Å²) < 4.78 is 19.1. The highest BCUT2D eigenvalue weighted by Gasteiger charge is 2.18. The van der Waals surface area contributed by atoms with Gasteiger partial charge in [-0.1, -0.05) is 18.2 Å². The van der Waals surface area contributed by atoms with E-state index in [4.69, 9.17) is 14.2 Å². The number of hydrogen-bond donors (Lipinski definition) is 1. The Morgan fingerprint density at radius 2 is 1.87 bits per heavy atom. The van der Waals surface area contributed by atoms with Crippen LogP contribution in [0.2, 0.25) is 0 Å². The van der Waals surface area contributed by atoms with Crippen LogP contribution in [0.15, 0.2) is 60.0 Å². The molecule has 2 aromatic carbocycles. The van der Waals surface area contributed by atoms with Gasteiger partial charge in [0, 0.05) is 13.1 Å². The Kier molecular flexibility index (Phi) is 4.80. The minimum absolute atomic E-state index is 0.107. The largest absolute Gasteiger partial charge is 0.497 e. The van der Waals surface area contributed by atoms with Gasteiger partial charge < -0.3 is 24.1 Å². The average Bonchev–Trinajstić information content (AvgIpc) is 3.49. The van der Waals surface area contributed by atoms with Crippen molar-refractivity contribution in [3.8, 4) is 17.2 Å². The number of rotatable bonds is 6. The Morgan fingerprint density at radius 3 is 2.70 bits per heavy atom. The molecule has 2 aromatic heterocycles. The van der Waals surface area contributed by atoms with E-state index < -0.39 is 0 Å². The van der Waals surface area contributed by atoms with Crippen LogP contribution in [0, 0.1) is 0 Å². The summed E-state index contributed by atoms with van der Waals surface area (Å²) in [6, 6.07) is 17.6. The van der Waals surface area contributed by atoms with Crippen LogP contribution >= 0.6 is 11.3 Å². The zero-order chi connectivity index (χ0) is 20.5. The molecule has 0 unspecified atom stereocenters. The van der Waals surface area contributed by atoms with Crippen molar-refractivity contribution in [3.63, 3.8) is 0 Å². The molecule has 1 aliphatic rings. The smallest absolute Gasteiger partial charge is 0.268 e. The Balaban J connectivity index is 1.37. The number of fused-ring (bicyclic) bond motifs is 2. The Bertz CT molecular complexity index is 1210. The van der Waals surface area contributed by atoms with Gasteiger partial charge in [-0.15, -0.1) is 11.3 Å². The van der Waals surface area contributed by atoms with Crippen molar-refractivity contribution in [1.29, 1.82) is 0 Å². The fourth-order valence-electron chi connectivity index (χ4n) is 3.57. The zero-order valence-electron chi connectivity index (χ0n) is 16.4. The van der Waals surface area contributed by atoms with Gasteiger partial charge in [0.25, 0.3) is 5.91 Å². The van der Waals surface area contributed by atoms with Gasteiger partial charge in [-0.2, -0.15) is 0 Å². The summed E-state index contributed by atoms with van der Waals surface area (Å²) in [6.45, 7) is 1.26. The second kappa shape index (κ2) is 7.76. The maximum absolute atomic E-state index is 13.0. The normalized spacial score (nSPS) is 12.3. The van der Waals surface area contributed by atoms with E-state index in [-0.39, 0.29) is 12.7 Å². The molecule has 30 heavy (non-hydrogen) atoms. The predicted octanol–water partition coefficient (Wildman–Crippen LogP) is 4.42. The monoisotopic (exact) mass is 420 g/mol. The van der Waals surface area contributed by atoms with Crippen molar-refractivity contribution < 1.29 is 19.0 Å². The molecule has 6 nitrogen and oxygen atoms in total. The van der Waals surface area contributed by atoms with Gasteiger partial charge in [0.1, 0.15) is 11.4 Å². The number of nitrogens with one attached hydrogen (secondary N) is 1. The second-order valence-corrected chi connectivity index (χ2v) is 7.95. The van der Waals surface area contributed by atoms with Crippen molar-refractivity contribution in [3.05, 3.63) is 76.8 Å². The molecule has 1 amide bonds. The molecule has 4 aromatic rings. The molecular weight excluding hydrogens is 400 g/mol. The summed E-state index contributed by atoms with van der Waals surface area (Å²) in [6.07, 6.45) is 0. The highest BCUT2D eigenvalue weighted by atomic mass is 32.1. The quantitative estimate of drug-likeness (QED) is 0.502. The van der Waals surface area contributed by atoms with Gasteiger partial charge in [0.15, 0.2) is 11.5 Å². The standard InChI is InChI=1S/C23H20N2O4S/c1-27-17-5-2-15(3-6-17)13-25-18-8-9-30-22(18)11-19(25)23(26)24-12-16-4-7-20-21(10-16)29-14-28-20/h2-11H,12-14H2,1H3,(H,24,26). The number of thiophene rings is 1. The molecule has 0 fully saturated rings. The molecule has 0 saturated carbocycles. The number of methoxy groups -OCH3 is 1. The van der Waals surface area contributed by atoms with E-state index in [0.29, 0.717) is 24.5 Å². The van der Waals surface area contributed by atoms with Crippen LogP contribution in [0.3, 0.4) is 0 Å². The third-order valence-corrected chi connectivity index (χ3v) is 6.00. The first-order chi connectivity index (χ1) is 14.7. The first-order valence-corrected chi connectivity index (χ1v) is 10.5. The summed E-state index contributed by atoms with van der Waals surface area (Å²) >= 11 is 1.63. The van der Waals surface area contributed by atoms with Gasteiger partial charge >= 0.3 is 0 Å². The molecular formula is C23H20N2O4S. The van der Waals surface area contributed by atoms with E-state index in [0.717, 1.165) is 32.8 Å². The SMILES string of the molecule is COc1ccc(Cn2c(C(=O)NCc3ccc4c(c3)OCO4)cc3sccc32)cc1. The highest BCUT2D eigenvalue weighted by molar-refractivity contribution is 7.17. The Labute approximate surface area is 177 Å². The lowest BCUT2D eigenvalue weighted by molar-refractivity contribution is 0.0942. The van der Waals surface area contributed by atoms with Gasteiger partial charge in [-0.05, 0) is 52.9 Å². The summed E-state index contributed by atoms with van der Waals surface area (Å²) in [4.78, 5) is 13.0. The van der Waals surface area contributed by atoms with Crippen LogP contribution in [0.4, 0.5) is 0 Å². The number of ether oxygens (including phenoxy) is 3. The number of amides is 1. The Morgan fingerprint density at radius 1 is 1.07 bits per heavy atom. The molecule has 0 bridgehead atoms. The predicted molar refractivity (Wildman–Crippen MR) is 116 cm³/mol. The third-order valence-electron chi connectivity index (χ3n) is 5.15. The first-order valence-electron chi connectivity index (χ1n) is 9.57. The third kappa shape index (κ3) is 3.48. The summed E-state index contributed by atoms with van der Waals surface area (Å²) in [7, 11) is 1.65. The van der Waals surface area contributed by atoms with Crippen LogP contribution in [0.25, 0.3) is 10.2 Å². The summed E-state index contributed by atoms with van der Waals surface area (Å²) in [5, 5.41) is 5.08. The fraction of sp³-hybridized carbons (Fsp3) is 0.174. The molecule has 0 aliphatic carbocycles. The molecule has 0 saturated heterocycles. The number of carbonyl (C=O) groups excluding carboxylic acids is 1. The van der Waals surface area contributed by atoms with Gasteiger partial charge in [-0.25, -0.2) is 0 Å². The van der Waals surface area contributed by atoms with Crippen LogP contribution in [-0.2, 0) is 13.1 Å². The number of carbonyl (C=O) groups is 1. The minimum Gasteiger partial charge on any atom is -0.497 e. The van der Waals surface area contributed by atoms with Crippen molar-refractivity contribution >= 4 is 27.5 Å². The molecule has 7 heteroatoms. The molecule has 5 rings (SSSR count). The first kappa shape index (κ1) is 18.6. The van der Waals surface area contributed by atoms with Crippen LogP contribution in [0.5, 0.6) is 17.2 Å². The maximum Gasteiger partial charge on any atom is 0.268 e. The lowest BCUT2D eigenvalue weighted by Crippen LogP contribution is -2.25. The van der Waals surface area contributed by atoms with Crippen molar-refractivity contribution in [2.24, 2.45) is 0 Å². The topological polar surface area (TPSA) is 61.7 Å².